The number of carbonyl (C=O) groups is 1. The Balaban J connectivity index is 2.29. The maximum absolute atomic E-state index is 11.4. The molecule has 0 aliphatic heterocycles. The molecule has 3 rings (SSSR count). The fraction of sp³-hybridized carbons (Fsp3) is 0.462. The van der Waals surface area contributed by atoms with Crippen molar-refractivity contribution >= 4 is 11.6 Å². The molecule has 100 valence electrons. The Bertz CT molecular complexity index is 658. The largest absolute Gasteiger partial charge is 0.478 e. The summed E-state index contributed by atoms with van der Waals surface area (Å²) in [5.41, 5.74) is 2.19. The van der Waals surface area contributed by atoms with E-state index in [4.69, 9.17) is 4.74 Å². The van der Waals surface area contributed by atoms with Crippen LogP contribution >= 0.6 is 0 Å². The van der Waals surface area contributed by atoms with Crippen LogP contribution in [0.2, 0.25) is 0 Å². The van der Waals surface area contributed by atoms with E-state index in [0.29, 0.717) is 17.9 Å². The number of hydrogen-bond acceptors (Lipinski definition) is 4. The highest BCUT2D eigenvalue weighted by molar-refractivity contribution is 5.89. The maximum atomic E-state index is 11.4. The summed E-state index contributed by atoms with van der Waals surface area (Å²) in [5, 5.41) is 13.7. The molecule has 0 radical (unpaired) electrons. The lowest BCUT2D eigenvalue weighted by atomic mass is 9.99. The molecule has 0 saturated heterocycles. The predicted molar refractivity (Wildman–Crippen MR) is 67.5 cm³/mol. The Morgan fingerprint density at radius 3 is 2.89 bits per heavy atom. The van der Waals surface area contributed by atoms with Crippen LogP contribution in [0.15, 0.2) is 12.3 Å². The lowest BCUT2D eigenvalue weighted by molar-refractivity contribution is 0.0691. The number of nitrogens with zero attached hydrogens (tertiary/aromatic N) is 3. The minimum absolute atomic E-state index is 0.213. The van der Waals surface area contributed by atoms with E-state index in [1.807, 2.05) is 13.0 Å². The Morgan fingerprint density at radius 1 is 1.58 bits per heavy atom. The molecule has 2 aromatic heterocycles. The highest BCUT2D eigenvalue weighted by atomic mass is 16.5. The molecule has 1 fully saturated rings. The number of carboxylic acid groups (broad SMARTS) is 1. The van der Waals surface area contributed by atoms with Gasteiger partial charge in [-0.25, -0.2) is 14.3 Å². The summed E-state index contributed by atoms with van der Waals surface area (Å²) in [6.45, 7) is 2.38. The van der Waals surface area contributed by atoms with Crippen LogP contribution in [0.4, 0.5) is 0 Å². The molecular formula is C13H15N3O3. The van der Waals surface area contributed by atoms with Gasteiger partial charge in [-0.3, -0.25) is 0 Å². The van der Waals surface area contributed by atoms with Crippen molar-refractivity contribution in [1.29, 1.82) is 0 Å². The summed E-state index contributed by atoms with van der Waals surface area (Å²) in [5.74, 6) is -0.972. The van der Waals surface area contributed by atoms with Gasteiger partial charge < -0.3 is 9.84 Å². The summed E-state index contributed by atoms with van der Waals surface area (Å²) in [4.78, 5) is 15.6. The molecule has 0 bridgehead atoms. The lowest BCUT2D eigenvalue weighted by Crippen LogP contribution is -2.23. The van der Waals surface area contributed by atoms with Crippen molar-refractivity contribution in [2.24, 2.45) is 0 Å². The molecule has 1 N–H and O–H groups in total. The molecule has 1 aliphatic rings. The van der Waals surface area contributed by atoms with Crippen LogP contribution in [-0.2, 0) is 10.2 Å². The second-order valence-electron chi connectivity index (χ2n) is 5.09. The average Bonchev–Trinajstić information content (AvgIpc) is 3.01. The van der Waals surface area contributed by atoms with E-state index in [1.165, 1.54) is 6.20 Å². The molecule has 0 amide bonds. The smallest absolute Gasteiger partial charge is 0.339 e. The molecule has 0 aromatic carbocycles. The Kier molecular flexibility index (Phi) is 2.56. The van der Waals surface area contributed by atoms with Crippen molar-refractivity contribution in [2.45, 2.75) is 25.2 Å². The van der Waals surface area contributed by atoms with Gasteiger partial charge in [0.25, 0.3) is 0 Å². The zero-order valence-corrected chi connectivity index (χ0v) is 10.9. The molecule has 19 heavy (non-hydrogen) atoms. The van der Waals surface area contributed by atoms with E-state index in [1.54, 1.807) is 11.6 Å². The van der Waals surface area contributed by atoms with E-state index in [0.717, 1.165) is 18.5 Å². The number of rotatable bonds is 4. The highest BCUT2D eigenvalue weighted by Crippen LogP contribution is 2.49. The highest BCUT2D eigenvalue weighted by Gasteiger charge is 2.49. The number of hydrogen-bond donors (Lipinski definition) is 1. The number of fused-ring (bicyclic) bond motifs is 1. The molecule has 1 saturated carbocycles. The van der Waals surface area contributed by atoms with Crippen molar-refractivity contribution in [3.05, 3.63) is 29.2 Å². The van der Waals surface area contributed by atoms with Crippen LogP contribution in [0.1, 0.15) is 34.6 Å². The third-order valence-corrected chi connectivity index (χ3v) is 3.61. The normalized spacial score (nSPS) is 16.7. The van der Waals surface area contributed by atoms with Gasteiger partial charge in [-0.2, -0.15) is 5.10 Å². The van der Waals surface area contributed by atoms with Gasteiger partial charge in [0, 0.05) is 24.8 Å². The van der Waals surface area contributed by atoms with E-state index < -0.39 is 5.97 Å². The number of aromatic nitrogens is 3. The summed E-state index contributed by atoms with van der Waals surface area (Å²) in [7, 11) is 1.63. The molecule has 0 spiro atoms. The number of carboxylic acids is 1. The topological polar surface area (TPSA) is 76.7 Å². The first-order valence-corrected chi connectivity index (χ1v) is 6.15. The van der Waals surface area contributed by atoms with Gasteiger partial charge in [-0.05, 0) is 19.8 Å². The van der Waals surface area contributed by atoms with Crippen molar-refractivity contribution in [3.63, 3.8) is 0 Å². The monoisotopic (exact) mass is 261 g/mol. The lowest BCUT2D eigenvalue weighted by Gasteiger charge is -2.17. The van der Waals surface area contributed by atoms with Crippen LogP contribution in [-0.4, -0.2) is 39.4 Å². The van der Waals surface area contributed by atoms with Crippen molar-refractivity contribution < 1.29 is 14.6 Å². The summed E-state index contributed by atoms with van der Waals surface area (Å²) in [6.07, 6.45) is 3.25. The minimum Gasteiger partial charge on any atom is -0.478 e. The van der Waals surface area contributed by atoms with Crippen molar-refractivity contribution in [3.8, 4) is 0 Å². The van der Waals surface area contributed by atoms with Gasteiger partial charge in [0.2, 0.25) is 0 Å². The average molecular weight is 261 g/mol. The summed E-state index contributed by atoms with van der Waals surface area (Å²) >= 11 is 0. The van der Waals surface area contributed by atoms with E-state index in [2.05, 4.69) is 10.1 Å². The number of ether oxygens (including phenoxy) is 1. The van der Waals surface area contributed by atoms with E-state index in [-0.39, 0.29) is 11.0 Å². The van der Waals surface area contributed by atoms with Crippen molar-refractivity contribution in [2.75, 3.05) is 13.7 Å². The molecule has 1 aliphatic carbocycles. The van der Waals surface area contributed by atoms with Gasteiger partial charge in [0.1, 0.15) is 5.56 Å². The first-order valence-electron chi connectivity index (χ1n) is 6.15. The van der Waals surface area contributed by atoms with Crippen LogP contribution in [0, 0.1) is 6.92 Å². The van der Waals surface area contributed by atoms with Crippen LogP contribution in [0.25, 0.3) is 5.65 Å². The fourth-order valence-electron chi connectivity index (χ4n) is 2.59. The Morgan fingerprint density at radius 2 is 2.32 bits per heavy atom. The number of aromatic carboxylic acids is 1. The van der Waals surface area contributed by atoms with Gasteiger partial charge >= 0.3 is 5.97 Å². The Labute approximate surface area is 110 Å². The predicted octanol–water partition coefficient (Wildman–Crippen LogP) is 1.41. The molecule has 2 aromatic rings. The molecule has 0 unspecified atom stereocenters. The molecule has 6 heteroatoms. The zero-order valence-electron chi connectivity index (χ0n) is 10.9. The maximum Gasteiger partial charge on any atom is 0.339 e. The standard InChI is InChI=1S/C13H15N3O3/c1-8-5-10-14-6-9(12(17)18)11(16(10)15-8)13(3-4-13)7-19-2/h5-6H,3-4,7H2,1-2H3,(H,17,18). The van der Waals surface area contributed by atoms with Crippen LogP contribution < -0.4 is 0 Å². The van der Waals surface area contributed by atoms with Gasteiger partial charge in [0.15, 0.2) is 5.65 Å². The third-order valence-electron chi connectivity index (χ3n) is 3.61. The van der Waals surface area contributed by atoms with Gasteiger partial charge in [0.05, 0.1) is 18.0 Å². The minimum atomic E-state index is -0.972. The first kappa shape index (κ1) is 12.1. The van der Waals surface area contributed by atoms with E-state index >= 15 is 0 Å². The fourth-order valence-corrected chi connectivity index (χ4v) is 2.59. The number of methoxy groups -OCH3 is 1. The SMILES string of the molecule is COCC1(c2c(C(=O)O)cnc3cc(C)nn23)CC1. The Hall–Kier alpha value is -1.95. The second kappa shape index (κ2) is 4.03. The van der Waals surface area contributed by atoms with Crippen LogP contribution in [0.3, 0.4) is 0 Å². The van der Waals surface area contributed by atoms with E-state index in [9.17, 15) is 9.90 Å². The molecular weight excluding hydrogens is 246 g/mol. The summed E-state index contributed by atoms with van der Waals surface area (Å²) < 4.78 is 6.92. The second-order valence-corrected chi connectivity index (χ2v) is 5.09. The number of aryl methyl sites for hydroxylation is 1. The quantitative estimate of drug-likeness (QED) is 0.900. The third kappa shape index (κ3) is 1.79. The van der Waals surface area contributed by atoms with Gasteiger partial charge in [-0.15, -0.1) is 0 Å². The van der Waals surface area contributed by atoms with Crippen molar-refractivity contribution in [1.82, 2.24) is 14.6 Å². The molecule has 6 nitrogen and oxygen atoms in total. The zero-order chi connectivity index (χ0) is 13.6. The van der Waals surface area contributed by atoms with Gasteiger partial charge in [-0.1, -0.05) is 0 Å². The summed E-state index contributed by atoms with van der Waals surface area (Å²) in [6, 6.07) is 1.85. The van der Waals surface area contributed by atoms with Crippen LogP contribution in [0.5, 0.6) is 0 Å². The first-order chi connectivity index (χ1) is 9.07. The molecule has 0 atom stereocenters. The molecule has 2 heterocycles.